The van der Waals surface area contributed by atoms with Crippen LogP contribution in [0.3, 0.4) is 0 Å². The van der Waals surface area contributed by atoms with Crippen molar-refractivity contribution >= 4 is 28.3 Å². The van der Waals surface area contributed by atoms with Gasteiger partial charge in [0.15, 0.2) is 0 Å². The van der Waals surface area contributed by atoms with Crippen LogP contribution in [0.2, 0.25) is 0 Å². The van der Waals surface area contributed by atoms with Gasteiger partial charge in [-0.25, -0.2) is 0 Å². The van der Waals surface area contributed by atoms with Gasteiger partial charge in [-0.3, -0.25) is 14.6 Å². The normalized spacial score (nSPS) is 10.5. The summed E-state index contributed by atoms with van der Waals surface area (Å²) in [5.41, 5.74) is 2.99. The number of rotatable bonds is 5. The van der Waals surface area contributed by atoms with E-state index in [2.05, 4.69) is 20.5 Å². The maximum atomic E-state index is 12.4. The number of carbonyl (C=O) groups excluding carboxylic acids is 2. The molecule has 0 saturated heterocycles. The number of amides is 1. The molecule has 0 atom stereocenters. The van der Waals surface area contributed by atoms with Crippen molar-refractivity contribution < 1.29 is 14.3 Å². The van der Waals surface area contributed by atoms with E-state index in [0.29, 0.717) is 11.4 Å². The minimum Gasteiger partial charge on any atom is -0.497 e. The summed E-state index contributed by atoms with van der Waals surface area (Å²) in [7, 11) is 1.50. The molecule has 0 aliphatic heterocycles. The molecule has 29 heavy (non-hydrogen) atoms. The van der Waals surface area contributed by atoms with E-state index >= 15 is 0 Å². The topological polar surface area (TPSA) is 94.1 Å². The molecule has 1 amide bonds. The van der Waals surface area contributed by atoms with Crippen molar-refractivity contribution in [2.75, 3.05) is 12.4 Å². The van der Waals surface area contributed by atoms with E-state index in [1.54, 1.807) is 36.7 Å². The summed E-state index contributed by atoms with van der Waals surface area (Å²) in [5, 5.41) is 11.7. The second-order valence-electron chi connectivity index (χ2n) is 6.25. The van der Waals surface area contributed by atoms with E-state index in [1.165, 1.54) is 19.4 Å². The van der Waals surface area contributed by atoms with E-state index in [1.807, 2.05) is 24.3 Å². The Labute approximate surface area is 166 Å². The van der Waals surface area contributed by atoms with Crippen LogP contribution in [-0.4, -0.2) is 34.0 Å². The van der Waals surface area contributed by atoms with E-state index < -0.39 is 11.7 Å². The van der Waals surface area contributed by atoms with E-state index in [9.17, 15) is 9.59 Å². The number of anilines is 1. The third-order valence-corrected chi connectivity index (χ3v) is 4.39. The summed E-state index contributed by atoms with van der Waals surface area (Å²) >= 11 is 0. The van der Waals surface area contributed by atoms with Crippen LogP contribution in [0.15, 0.2) is 73.2 Å². The SMILES string of the molecule is COc1cccc(C(=O)C(=O)Nc2cncc(-c3cnnc4ccccc34)c2)c1. The molecule has 0 aliphatic rings. The van der Waals surface area contributed by atoms with Crippen LogP contribution in [0.1, 0.15) is 10.4 Å². The average Bonchev–Trinajstić information content (AvgIpc) is 2.78. The molecule has 142 valence electrons. The summed E-state index contributed by atoms with van der Waals surface area (Å²) in [6.45, 7) is 0. The average molecular weight is 384 g/mol. The highest BCUT2D eigenvalue weighted by atomic mass is 16.5. The molecule has 0 radical (unpaired) electrons. The van der Waals surface area contributed by atoms with Gasteiger partial charge in [-0.1, -0.05) is 30.3 Å². The molecule has 0 saturated carbocycles. The fraction of sp³-hybridized carbons (Fsp3) is 0.0455. The standard InChI is InChI=1S/C22H16N4O3/c1-29-17-6-4-5-14(10-17)21(27)22(28)25-16-9-15(11-23-12-16)19-13-24-26-20-8-3-2-7-18(19)20/h2-13H,1H3,(H,25,28). The van der Waals surface area contributed by atoms with Crippen molar-refractivity contribution in [3.05, 3.63) is 78.8 Å². The number of hydrogen-bond donors (Lipinski definition) is 1. The number of hydrogen-bond acceptors (Lipinski definition) is 6. The number of ether oxygens (including phenoxy) is 1. The lowest BCUT2D eigenvalue weighted by molar-refractivity contribution is -0.112. The molecule has 0 fully saturated rings. The number of ketones is 1. The number of carbonyl (C=O) groups is 2. The summed E-state index contributed by atoms with van der Waals surface area (Å²) in [6.07, 6.45) is 4.80. The molecule has 0 bridgehead atoms. The zero-order valence-electron chi connectivity index (χ0n) is 15.5. The molecule has 2 aromatic heterocycles. The van der Waals surface area contributed by atoms with Crippen molar-refractivity contribution in [1.29, 1.82) is 0 Å². The Morgan fingerprint density at radius 3 is 2.69 bits per heavy atom. The van der Waals surface area contributed by atoms with Gasteiger partial charge >= 0.3 is 0 Å². The largest absolute Gasteiger partial charge is 0.497 e. The first-order chi connectivity index (χ1) is 14.2. The predicted molar refractivity (Wildman–Crippen MR) is 109 cm³/mol. The third kappa shape index (κ3) is 3.79. The lowest BCUT2D eigenvalue weighted by Gasteiger charge is -2.08. The highest BCUT2D eigenvalue weighted by Crippen LogP contribution is 2.27. The number of Topliss-reactive ketones (excluding diaryl/α,β-unsaturated/α-hetero) is 1. The van der Waals surface area contributed by atoms with Gasteiger partial charge in [0.05, 0.1) is 30.7 Å². The smallest absolute Gasteiger partial charge is 0.296 e. The van der Waals surface area contributed by atoms with Gasteiger partial charge < -0.3 is 10.1 Å². The molecule has 2 aromatic carbocycles. The maximum absolute atomic E-state index is 12.4. The Balaban J connectivity index is 1.60. The zero-order valence-corrected chi connectivity index (χ0v) is 15.5. The number of fused-ring (bicyclic) bond motifs is 1. The molecular formula is C22H16N4O3. The van der Waals surface area contributed by atoms with E-state index in [0.717, 1.165) is 22.0 Å². The van der Waals surface area contributed by atoms with Crippen LogP contribution in [0, 0.1) is 0 Å². The molecule has 1 N–H and O–H groups in total. The van der Waals surface area contributed by atoms with Crippen LogP contribution in [0.5, 0.6) is 5.75 Å². The fourth-order valence-corrected chi connectivity index (χ4v) is 2.98. The second kappa shape index (κ2) is 7.85. The summed E-state index contributed by atoms with van der Waals surface area (Å²) in [4.78, 5) is 29.0. The molecule has 0 spiro atoms. The van der Waals surface area contributed by atoms with E-state index in [-0.39, 0.29) is 5.56 Å². The summed E-state index contributed by atoms with van der Waals surface area (Å²) < 4.78 is 5.10. The Morgan fingerprint density at radius 1 is 0.966 bits per heavy atom. The third-order valence-electron chi connectivity index (χ3n) is 4.39. The van der Waals surface area contributed by atoms with Crippen LogP contribution < -0.4 is 10.1 Å². The lowest BCUT2D eigenvalue weighted by atomic mass is 10.0. The number of nitrogens with zero attached hydrogens (tertiary/aromatic N) is 3. The Kier molecular flexibility index (Phi) is 4.94. The first-order valence-corrected chi connectivity index (χ1v) is 8.81. The summed E-state index contributed by atoms with van der Waals surface area (Å²) in [6, 6.07) is 15.8. The van der Waals surface area contributed by atoms with Crippen molar-refractivity contribution in [1.82, 2.24) is 15.2 Å². The Bertz CT molecular complexity index is 1220. The van der Waals surface area contributed by atoms with Crippen molar-refractivity contribution in [2.24, 2.45) is 0 Å². The van der Waals surface area contributed by atoms with Crippen LogP contribution in [0.25, 0.3) is 22.0 Å². The van der Waals surface area contributed by atoms with Gasteiger partial charge in [-0.05, 0) is 24.3 Å². The van der Waals surface area contributed by atoms with Crippen LogP contribution in [0.4, 0.5) is 5.69 Å². The molecule has 7 heteroatoms. The molecule has 4 rings (SSSR count). The number of pyridine rings is 1. The molecule has 4 aromatic rings. The van der Waals surface area contributed by atoms with Gasteiger partial charge in [0, 0.05) is 28.3 Å². The monoisotopic (exact) mass is 384 g/mol. The highest BCUT2D eigenvalue weighted by Gasteiger charge is 2.17. The molecule has 0 unspecified atom stereocenters. The van der Waals surface area contributed by atoms with Crippen molar-refractivity contribution in [2.45, 2.75) is 0 Å². The number of aromatic nitrogens is 3. The molecule has 2 heterocycles. The quantitative estimate of drug-likeness (QED) is 0.418. The van der Waals surface area contributed by atoms with Crippen molar-refractivity contribution in [3.8, 4) is 16.9 Å². The Hall–Kier alpha value is -4.13. The van der Waals surface area contributed by atoms with Crippen molar-refractivity contribution in [3.63, 3.8) is 0 Å². The summed E-state index contributed by atoms with van der Waals surface area (Å²) in [5.74, 6) is -0.912. The zero-order chi connectivity index (χ0) is 20.2. The van der Waals surface area contributed by atoms with Gasteiger partial charge in [0.25, 0.3) is 11.7 Å². The van der Waals surface area contributed by atoms with E-state index in [4.69, 9.17) is 4.74 Å². The number of benzene rings is 2. The minimum absolute atomic E-state index is 0.246. The molecule has 7 nitrogen and oxygen atoms in total. The van der Waals surface area contributed by atoms with Crippen LogP contribution in [-0.2, 0) is 4.79 Å². The first-order valence-electron chi connectivity index (χ1n) is 8.81. The minimum atomic E-state index is -0.755. The van der Waals surface area contributed by atoms with Gasteiger partial charge in [-0.2, -0.15) is 10.2 Å². The number of methoxy groups -OCH3 is 1. The second-order valence-corrected chi connectivity index (χ2v) is 6.25. The maximum Gasteiger partial charge on any atom is 0.296 e. The molecular weight excluding hydrogens is 368 g/mol. The van der Waals surface area contributed by atoms with Gasteiger partial charge in [0.2, 0.25) is 0 Å². The Morgan fingerprint density at radius 2 is 1.83 bits per heavy atom. The first kappa shape index (κ1) is 18.2. The number of nitrogens with one attached hydrogen (secondary N) is 1. The highest BCUT2D eigenvalue weighted by molar-refractivity contribution is 6.46. The van der Waals surface area contributed by atoms with Gasteiger partial charge in [0.1, 0.15) is 5.75 Å². The molecule has 0 aliphatic carbocycles. The van der Waals surface area contributed by atoms with Crippen LogP contribution >= 0.6 is 0 Å². The predicted octanol–water partition coefficient (Wildman–Crippen LogP) is 3.52. The van der Waals surface area contributed by atoms with Gasteiger partial charge in [-0.15, -0.1) is 0 Å². The fourth-order valence-electron chi connectivity index (χ4n) is 2.98. The lowest BCUT2D eigenvalue weighted by Crippen LogP contribution is -2.23.